The quantitative estimate of drug-likeness (QED) is 0.697. The standard InChI is InChI=1S/C21H23N5O/c1-12-5-4-7-13-15-11-26(10-9-17(15)23-18(12)13)20(27)19-14-6-2-3-8-16(14)24-21(22)25-19/h4-5,7,23H,2-3,6,8-11H2,1H3,(H2,22,24,25). The van der Waals surface area contributed by atoms with Gasteiger partial charge in [-0.25, -0.2) is 9.97 Å². The summed E-state index contributed by atoms with van der Waals surface area (Å²) in [6, 6.07) is 6.33. The van der Waals surface area contributed by atoms with Gasteiger partial charge in [0.25, 0.3) is 5.91 Å². The smallest absolute Gasteiger partial charge is 0.273 e. The van der Waals surface area contributed by atoms with E-state index in [-0.39, 0.29) is 11.9 Å². The molecule has 3 heterocycles. The molecule has 3 aromatic rings. The highest BCUT2D eigenvalue weighted by atomic mass is 16.2. The molecule has 0 saturated carbocycles. The molecule has 6 heteroatoms. The van der Waals surface area contributed by atoms with Crippen molar-refractivity contribution in [2.24, 2.45) is 0 Å². The first-order valence-electron chi connectivity index (χ1n) is 9.65. The van der Waals surface area contributed by atoms with Crippen molar-refractivity contribution in [2.75, 3.05) is 12.3 Å². The normalized spacial score (nSPS) is 16.3. The fourth-order valence-electron chi connectivity index (χ4n) is 4.50. The zero-order valence-electron chi connectivity index (χ0n) is 15.5. The Morgan fingerprint density at radius 2 is 2.00 bits per heavy atom. The maximum absolute atomic E-state index is 13.3. The fourth-order valence-corrected chi connectivity index (χ4v) is 4.50. The second-order valence-corrected chi connectivity index (χ2v) is 7.62. The number of H-pyrrole nitrogens is 1. The Morgan fingerprint density at radius 3 is 2.89 bits per heavy atom. The van der Waals surface area contributed by atoms with Crippen molar-refractivity contribution >= 4 is 22.8 Å². The molecule has 2 aliphatic rings. The highest BCUT2D eigenvalue weighted by Crippen LogP contribution is 2.31. The van der Waals surface area contributed by atoms with E-state index >= 15 is 0 Å². The number of nitrogen functional groups attached to an aromatic ring is 1. The van der Waals surface area contributed by atoms with Gasteiger partial charge in [0.1, 0.15) is 5.69 Å². The van der Waals surface area contributed by atoms with Crippen LogP contribution in [-0.4, -0.2) is 32.3 Å². The minimum atomic E-state index is -0.0186. The summed E-state index contributed by atoms with van der Waals surface area (Å²) in [5, 5.41) is 1.21. The predicted octanol–water partition coefficient (Wildman–Crippen LogP) is 2.93. The molecule has 1 aromatic carbocycles. The number of aromatic amines is 1. The Bertz CT molecular complexity index is 1070. The number of hydrogen-bond donors (Lipinski definition) is 2. The van der Waals surface area contributed by atoms with Crippen molar-refractivity contribution in [2.45, 2.75) is 45.6 Å². The highest BCUT2D eigenvalue weighted by Gasteiger charge is 2.29. The van der Waals surface area contributed by atoms with Crippen LogP contribution < -0.4 is 5.73 Å². The van der Waals surface area contributed by atoms with E-state index in [1.54, 1.807) is 0 Å². The molecule has 1 aliphatic heterocycles. The monoisotopic (exact) mass is 361 g/mol. The first kappa shape index (κ1) is 16.3. The molecular weight excluding hydrogens is 338 g/mol. The fraction of sp³-hybridized carbons (Fsp3) is 0.381. The van der Waals surface area contributed by atoms with Gasteiger partial charge in [-0.3, -0.25) is 4.79 Å². The van der Waals surface area contributed by atoms with Gasteiger partial charge in [0.15, 0.2) is 0 Å². The van der Waals surface area contributed by atoms with E-state index in [1.807, 2.05) is 4.90 Å². The summed E-state index contributed by atoms with van der Waals surface area (Å²) in [5.41, 5.74) is 13.3. The number of aromatic nitrogens is 3. The number of anilines is 1. The van der Waals surface area contributed by atoms with Gasteiger partial charge >= 0.3 is 0 Å². The van der Waals surface area contributed by atoms with Crippen LogP contribution >= 0.6 is 0 Å². The third kappa shape index (κ3) is 2.59. The zero-order valence-corrected chi connectivity index (χ0v) is 15.5. The molecule has 1 aliphatic carbocycles. The van der Waals surface area contributed by atoms with E-state index in [0.29, 0.717) is 18.8 Å². The van der Waals surface area contributed by atoms with E-state index in [2.05, 4.69) is 40.1 Å². The van der Waals surface area contributed by atoms with E-state index in [9.17, 15) is 4.79 Å². The van der Waals surface area contributed by atoms with Gasteiger partial charge in [0.05, 0.1) is 0 Å². The third-order valence-corrected chi connectivity index (χ3v) is 5.91. The Morgan fingerprint density at radius 1 is 1.15 bits per heavy atom. The average Bonchev–Trinajstić information content (AvgIpc) is 3.06. The van der Waals surface area contributed by atoms with Gasteiger partial charge in [-0.2, -0.15) is 0 Å². The average molecular weight is 361 g/mol. The minimum Gasteiger partial charge on any atom is -0.368 e. The molecule has 0 spiro atoms. The lowest BCUT2D eigenvalue weighted by Gasteiger charge is -2.28. The molecule has 3 N–H and O–H groups in total. The lowest BCUT2D eigenvalue weighted by atomic mass is 9.94. The van der Waals surface area contributed by atoms with Crippen molar-refractivity contribution < 1.29 is 4.79 Å². The highest BCUT2D eigenvalue weighted by molar-refractivity contribution is 5.95. The molecule has 138 valence electrons. The van der Waals surface area contributed by atoms with E-state index in [1.165, 1.54) is 27.7 Å². The van der Waals surface area contributed by atoms with Gasteiger partial charge in [0, 0.05) is 52.9 Å². The maximum atomic E-state index is 13.3. The van der Waals surface area contributed by atoms with E-state index in [0.717, 1.165) is 43.4 Å². The van der Waals surface area contributed by atoms with Crippen LogP contribution in [0.5, 0.6) is 0 Å². The van der Waals surface area contributed by atoms with Crippen LogP contribution in [0, 0.1) is 6.92 Å². The number of amides is 1. The van der Waals surface area contributed by atoms with Gasteiger partial charge in [-0.15, -0.1) is 0 Å². The molecule has 0 atom stereocenters. The number of carbonyl (C=O) groups excluding carboxylic acids is 1. The molecule has 0 bridgehead atoms. The second kappa shape index (κ2) is 6.08. The maximum Gasteiger partial charge on any atom is 0.273 e. The van der Waals surface area contributed by atoms with Crippen LogP contribution in [0.2, 0.25) is 0 Å². The number of nitrogens with one attached hydrogen (secondary N) is 1. The van der Waals surface area contributed by atoms with Crippen molar-refractivity contribution in [3.8, 4) is 0 Å². The van der Waals surface area contributed by atoms with Crippen LogP contribution in [0.25, 0.3) is 10.9 Å². The summed E-state index contributed by atoms with van der Waals surface area (Å²) >= 11 is 0. The topological polar surface area (TPSA) is 87.9 Å². The van der Waals surface area contributed by atoms with E-state index < -0.39 is 0 Å². The zero-order chi connectivity index (χ0) is 18.5. The first-order valence-corrected chi connectivity index (χ1v) is 9.65. The SMILES string of the molecule is Cc1cccc2c3c([nH]c12)CCN(C(=O)c1nc(N)nc2c1CCCC2)C3. The van der Waals surface area contributed by atoms with Crippen molar-refractivity contribution in [1.29, 1.82) is 0 Å². The molecule has 5 rings (SSSR count). The third-order valence-electron chi connectivity index (χ3n) is 5.91. The van der Waals surface area contributed by atoms with Crippen LogP contribution in [0.15, 0.2) is 18.2 Å². The van der Waals surface area contributed by atoms with Crippen LogP contribution in [0.3, 0.4) is 0 Å². The molecule has 6 nitrogen and oxygen atoms in total. The largest absolute Gasteiger partial charge is 0.368 e. The van der Waals surface area contributed by atoms with Crippen LogP contribution in [0.4, 0.5) is 5.95 Å². The molecular formula is C21H23N5O. The molecule has 0 unspecified atom stereocenters. The van der Waals surface area contributed by atoms with Gasteiger partial charge < -0.3 is 15.6 Å². The van der Waals surface area contributed by atoms with Crippen molar-refractivity contribution in [3.05, 3.63) is 52.0 Å². The second-order valence-electron chi connectivity index (χ2n) is 7.62. The summed E-state index contributed by atoms with van der Waals surface area (Å²) in [6.45, 7) is 3.41. The Hall–Kier alpha value is -2.89. The lowest BCUT2D eigenvalue weighted by Crippen LogP contribution is -2.37. The first-order chi connectivity index (χ1) is 13.1. The van der Waals surface area contributed by atoms with Gasteiger partial charge in [-0.05, 0) is 38.2 Å². The van der Waals surface area contributed by atoms with Gasteiger partial charge in [0.2, 0.25) is 5.95 Å². The number of nitrogens with zero attached hydrogens (tertiary/aromatic N) is 3. The number of aryl methyl sites for hydroxylation is 2. The summed E-state index contributed by atoms with van der Waals surface area (Å²) in [5.74, 6) is 0.189. The predicted molar refractivity (Wildman–Crippen MR) is 105 cm³/mol. The summed E-state index contributed by atoms with van der Waals surface area (Å²) in [7, 11) is 0. The summed E-state index contributed by atoms with van der Waals surface area (Å²) < 4.78 is 0. The number of hydrogen-bond acceptors (Lipinski definition) is 4. The summed E-state index contributed by atoms with van der Waals surface area (Å²) in [4.78, 5) is 27.5. The summed E-state index contributed by atoms with van der Waals surface area (Å²) in [6.07, 6.45) is 4.75. The number of benzene rings is 1. The molecule has 0 radical (unpaired) electrons. The minimum absolute atomic E-state index is 0.0186. The molecule has 0 saturated heterocycles. The van der Waals surface area contributed by atoms with Crippen molar-refractivity contribution in [1.82, 2.24) is 19.9 Å². The number of carbonyl (C=O) groups is 1. The lowest BCUT2D eigenvalue weighted by molar-refractivity contribution is 0.0727. The molecule has 2 aromatic heterocycles. The Labute approximate surface area is 157 Å². The van der Waals surface area contributed by atoms with Crippen LogP contribution in [-0.2, 0) is 25.8 Å². The number of rotatable bonds is 1. The number of nitrogens with two attached hydrogens (primary N) is 1. The van der Waals surface area contributed by atoms with Crippen molar-refractivity contribution in [3.63, 3.8) is 0 Å². The Balaban J connectivity index is 1.52. The number of fused-ring (bicyclic) bond motifs is 4. The molecule has 0 fully saturated rings. The van der Waals surface area contributed by atoms with Crippen LogP contribution in [0.1, 0.15) is 51.4 Å². The molecule has 27 heavy (non-hydrogen) atoms. The molecule has 1 amide bonds. The number of para-hydroxylation sites is 1. The Kier molecular flexibility index (Phi) is 3.67. The van der Waals surface area contributed by atoms with Gasteiger partial charge in [-0.1, -0.05) is 18.2 Å². The van der Waals surface area contributed by atoms with E-state index in [4.69, 9.17) is 5.73 Å².